The van der Waals surface area contributed by atoms with Gasteiger partial charge in [0, 0.05) is 30.1 Å². The Hall–Kier alpha value is 0.270. The SMILES string of the molecule is CNC(CC1CCCCC1)C1CSCCN1C. The van der Waals surface area contributed by atoms with Gasteiger partial charge in [-0.15, -0.1) is 0 Å². The van der Waals surface area contributed by atoms with Gasteiger partial charge in [0.15, 0.2) is 0 Å². The van der Waals surface area contributed by atoms with Crippen LogP contribution in [-0.4, -0.2) is 49.1 Å². The lowest BCUT2D eigenvalue weighted by molar-refractivity contribution is 0.187. The average Bonchev–Trinajstić information content (AvgIpc) is 2.38. The Kier molecular flexibility index (Phi) is 5.64. The molecule has 2 rings (SSSR count). The van der Waals surface area contributed by atoms with E-state index in [1.165, 1.54) is 56.6 Å². The number of rotatable bonds is 4. The van der Waals surface area contributed by atoms with Gasteiger partial charge in [-0.05, 0) is 26.4 Å². The fourth-order valence-corrected chi connectivity index (χ4v) is 4.69. The lowest BCUT2D eigenvalue weighted by Crippen LogP contribution is -2.52. The quantitative estimate of drug-likeness (QED) is 0.832. The molecule has 100 valence electrons. The summed E-state index contributed by atoms with van der Waals surface area (Å²) in [5, 5.41) is 3.59. The third-order valence-corrected chi connectivity index (χ3v) is 5.64. The molecule has 2 nitrogen and oxygen atoms in total. The minimum Gasteiger partial charge on any atom is -0.315 e. The summed E-state index contributed by atoms with van der Waals surface area (Å²) in [6, 6.07) is 1.46. The van der Waals surface area contributed by atoms with Gasteiger partial charge in [0.1, 0.15) is 0 Å². The van der Waals surface area contributed by atoms with Crippen molar-refractivity contribution in [1.82, 2.24) is 10.2 Å². The van der Waals surface area contributed by atoms with E-state index in [9.17, 15) is 0 Å². The average molecular weight is 256 g/mol. The molecule has 1 aliphatic heterocycles. The topological polar surface area (TPSA) is 15.3 Å². The summed E-state index contributed by atoms with van der Waals surface area (Å²) in [5.41, 5.74) is 0. The van der Waals surface area contributed by atoms with E-state index in [0.717, 1.165) is 12.0 Å². The molecular formula is C14H28N2S. The van der Waals surface area contributed by atoms with Crippen LogP contribution in [0.5, 0.6) is 0 Å². The maximum Gasteiger partial charge on any atom is 0.0337 e. The van der Waals surface area contributed by atoms with E-state index >= 15 is 0 Å². The van der Waals surface area contributed by atoms with Gasteiger partial charge in [0.25, 0.3) is 0 Å². The second kappa shape index (κ2) is 7.01. The number of likely N-dealkylation sites (N-methyl/N-ethyl adjacent to an activating group) is 2. The monoisotopic (exact) mass is 256 g/mol. The summed E-state index contributed by atoms with van der Waals surface area (Å²) >= 11 is 2.13. The van der Waals surface area contributed by atoms with Gasteiger partial charge in [-0.25, -0.2) is 0 Å². The molecule has 2 aliphatic rings. The highest BCUT2D eigenvalue weighted by Gasteiger charge is 2.29. The first kappa shape index (κ1) is 13.7. The zero-order valence-electron chi connectivity index (χ0n) is 11.5. The van der Waals surface area contributed by atoms with Crippen molar-refractivity contribution in [3.8, 4) is 0 Å². The van der Waals surface area contributed by atoms with Crippen LogP contribution in [0.25, 0.3) is 0 Å². The Morgan fingerprint density at radius 1 is 1.29 bits per heavy atom. The summed E-state index contributed by atoms with van der Waals surface area (Å²) in [7, 11) is 4.45. The fourth-order valence-electron chi connectivity index (χ4n) is 3.38. The van der Waals surface area contributed by atoms with Crippen LogP contribution in [0.4, 0.5) is 0 Å². The van der Waals surface area contributed by atoms with Crippen molar-refractivity contribution in [2.75, 3.05) is 32.1 Å². The van der Waals surface area contributed by atoms with Crippen LogP contribution in [0.2, 0.25) is 0 Å². The first-order chi connectivity index (χ1) is 8.31. The molecule has 2 atom stereocenters. The Morgan fingerprint density at radius 2 is 2.06 bits per heavy atom. The van der Waals surface area contributed by atoms with Gasteiger partial charge in [-0.3, -0.25) is 0 Å². The highest BCUT2D eigenvalue weighted by molar-refractivity contribution is 7.99. The number of nitrogens with one attached hydrogen (secondary N) is 1. The molecule has 0 aromatic heterocycles. The molecule has 1 aliphatic carbocycles. The zero-order chi connectivity index (χ0) is 12.1. The van der Waals surface area contributed by atoms with Crippen LogP contribution >= 0.6 is 11.8 Å². The second-order valence-corrected chi connectivity index (χ2v) is 6.91. The molecule has 0 amide bonds. The minimum atomic E-state index is 0.705. The lowest BCUT2D eigenvalue weighted by Gasteiger charge is -2.39. The van der Waals surface area contributed by atoms with Crippen molar-refractivity contribution in [3.63, 3.8) is 0 Å². The van der Waals surface area contributed by atoms with Crippen LogP contribution in [0.1, 0.15) is 38.5 Å². The molecule has 0 spiro atoms. The third-order valence-electron chi connectivity index (χ3n) is 4.59. The van der Waals surface area contributed by atoms with Gasteiger partial charge in [-0.2, -0.15) is 11.8 Å². The number of hydrogen-bond donors (Lipinski definition) is 1. The maximum atomic E-state index is 3.59. The van der Waals surface area contributed by atoms with E-state index < -0.39 is 0 Å². The Balaban J connectivity index is 1.85. The Labute approximate surface area is 111 Å². The van der Waals surface area contributed by atoms with Crippen LogP contribution in [-0.2, 0) is 0 Å². The normalized spacial score (nSPS) is 30.4. The van der Waals surface area contributed by atoms with E-state index in [1.807, 2.05) is 0 Å². The van der Waals surface area contributed by atoms with E-state index in [-0.39, 0.29) is 0 Å². The molecule has 1 saturated heterocycles. The third kappa shape index (κ3) is 3.87. The number of thioether (sulfide) groups is 1. The van der Waals surface area contributed by atoms with E-state index in [1.54, 1.807) is 0 Å². The Bertz CT molecular complexity index is 216. The van der Waals surface area contributed by atoms with Crippen LogP contribution in [0.3, 0.4) is 0 Å². The van der Waals surface area contributed by atoms with Gasteiger partial charge in [-0.1, -0.05) is 32.1 Å². The molecule has 1 N–H and O–H groups in total. The van der Waals surface area contributed by atoms with Crippen molar-refractivity contribution >= 4 is 11.8 Å². The summed E-state index contributed by atoms with van der Waals surface area (Å²) in [5.74, 6) is 3.61. The lowest BCUT2D eigenvalue weighted by atomic mass is 9.83. The first-order valence-electron chi connectivity index (χ1n) is 7.26. The largest absolute Gasteiger partial charge is 0.315 e. The fraction of sp³-hybridized carbons (Fsp3) is 1.00. The Morgan fingerprint density at radius 3 is 2.71 bits per heavy atom. The molecule has 2 fully saturated rings. The molecule has 2 unspecified atom stereocenters. The molecule has 0 aromatic rings. The standard InChI is InChI=1S/C14H28N2S/c1-15-13(10-12-6-4-3-5-7-12)14-11-17-9-8-16(14)2/h12-15H,3-11H2,1-2H3. The molecule has 17 heavy (non-hydrogen) atoms. The predicted molar refractivity (Wildman–Crippen MR) is 77.8 cm³/mol. The van der Waals surface area contributed by atoms with Crippen molar-refractivity contribution in [3.05, 3.63) is 0 Å². The maximum absolute atomic E-state index is 3.59. The molecule has 1 saturated carbocycles. The number of hydrogen-bond acceptors (Lipinski definition) is 3. The van der Waals surface area contributed by atoms with E-state index in [2.05, 4.69) is 36.1 Å². The van der Waals surface area contributed by atoms with Crippen LogP contribution in [0.15, 0.2) is 0 Å². The van der Waals surface area contributed by atoms with Gasteiger partial charge in [0.2, 0.25) is 0 Å². The summed E-state index contributed by atoms with van der Waals surface area (Å²) in [6.45, 7) is 1.26. The molecule has 0 radical (unpaired) electrons. The van der Waals surface area contributed by atoms with Gasteiger partial charge < -0.3 is 10.2 Å². The summed E-state index contributed by atoms with van der Waals surface area (Å²) < 4.78 is 0. The van der Waals surface area contributed by atoms with Crippen molar-refractivity contribution in [2.45, 2.75) is 50.6 Å². The predicted octanol–water partition coefficient (Wildman–Crippen LogP) is 2.59. The van der Waals surface area contributed by atoms with Gasteiger partial charge >= 0.3 is 0 Å². The van der Waals surface area contributed by atoms with Crippen LogP contribution < -0.4 is 5.32 Å². The molecule has 1 heterocycles. The second-order valence-electron chi connectivity index (χ2n) is 5.76. The molecule has 3 heteroatoms. The first-order valence-corrected chi connectivity index (χ1v) is 8.42. The van der Waals surface area contributed by atoms with E-state index in [0.29, 0.717) is 6.04 Å². The highest BCUT2D eigenvalue weighted by Crippen LogP contribution is 2.29. The molecule has 0 bridgehead atoms. The smallest absolute Gasteiger partial charge is 0.0337 e. The van der Waals surface area contributed by atoms with Crippen molar-refractivity contribution < 1.29 is 0 Å². The number of nitrogens with zero attached hydrogens (tertiary/aromatic N) is 1. The summed E-state index contributed by atoms with van der Waals surface area (Å²) in [4.78, 5) is 2.57. The van der Waals surface area contributed by atoms with E-state index in [4.69, 9.17) is 0 Å². The van der Waals surface area contributed by atoms with Gasteiger partial charge in [0.05, 0.1) is 0 Å². The van der Waals surface area contributed by atoms with Crippen LogP contribution in [0, 0.1) is 5.92 Å². The van der Waals surface area contributed by atoms with Crippen molar-refractivity contribution in [1.29, 1.82) is 0 Å². The molecular weight excluding hydrogens is 228 g/mol. The highest BCUT2D eigenvalue weighted by atomic mass is 32.2. The van der Waals surface area contributed by atoms with Crippen molar-refractivity contribution in [2.24, 2.45) is 5.92 Å². The molecule has 0 aromatic carbocycles. The summed E-state index contributed by atoms with van der Waals surface area (Å²) in [6.07, 6.45) is 8.75. The minimum absolute atomic E-state index is 0.705. The zero-order valence-corrected chi connectivity index (χ0v) is 12.3.